The van der Waals surface area contributed by atoms with Crippen LogP contribution >= 0.6 is 0 Å². The molecule has 1 aliphatic carbocycles. The van der Waals surface area contributed by atoms with Crippen molar-refractivity contribution in [2.75, 3.05) is 26.7 Å². The van der Waals surface area contributed by atoms with Crippen LogP contribution in [0.5, 0.6) is 0 Å². The van der Waals surface area contributed by atoms with E-state index in [-0.39, 0.29) is 19.2 Å². The van der Waals surface area contributed by atoms with E-state index >= 15 is 0 Å². The third kappa shape index (κ3) is 5.85. The summed E-state index contributed by atoms with van der Waals surface area (Å²) < 4.78 is 23.6. The van der Waals surface area contributed by atoms with Crippen LogP contribution in [0.3, 0.4) is 0 Å². The zero-order valence-electron chi connectivity index (χ0n) is 19.6. The van der Waals surface area contributed by atoms with Gasteiger partial charge in [0.25, 0.3) is 0 Å². The molecule has 3 aliphatic rings. The molecular formula is C21H41N5O7. The largest absolute Gasteiger partial charge is 0.467 e. The van der Waals surface area contributed by atoms with Crippen molar-refractivity contribution >= 4 is 0 Å². The van der Waals surface area contributed by atoms with Gasteiger partial charge in [0.15, 0.2) is 6.29 Å². The summed E-state index contributed by atoms with van der Waals surface area (Å²) in [5.41, 5.74) is 16.9. The van der Waals surface area contributed by atoms with E-state index in [1.807, 2.05) is 13.0 Å². The van der Waals surface area contributed by atoms with Crippen LogP contribution in [0, 0.1) is 0 Å². The topological polar surface area (TPSA) is 200 Å². The Kier molecular flexibility index (Phi) is 9.08. The Morgan fingerprint density at radius 2 is 1.85 bits per heavy atom. The zero-order valence-corrected chi connectivity index (χ0v) is 19.6. The molecule has 11 atom stereocenters. The second kappa shape index (κ2) is 11.2. The van der Waals surface area contributed by atoms with Crippen LogP contribution < -0.4 is 27.8 Å². The van der Waals surface area contributed by atoms with E-state index in [4.69, 9.17) is 36.1 Å². The zero-order chi connectivity index (χ0) is 24.3. The maximum atomic E-state index is 11.3. The van der Waals surface area contributed by atoms with Gasteiger partial charge in [0.05, 0.1) is 25.2 Å². The highest BCUT2D eigenvalue weighted by molar-refractivity contribution is 5.05. The SMILES string of the molecule is CCN[C@@H]1C[C@H](N)[C@@H](O[C@H]2OC(CN)=CC[C@@H]2N)[C@H](O)[C@H]1O[C@H]1OC[C@](C)(O)[C@H](NC)[C@H]1O. The molecule has 0 unspecified atom stereocenters. The third-order valence-electron chi connectivity index (χ3n) is 6.64. The molecule has 0 spiro atoms. The fourth-order valence-electron chi connectivity index (χ4n) is 4.86. The summed E-state index contributed by atoms with van der Waals surface area (Å²) in [4.78, 5) is 0. The van der Waals surface area contributed by atoms with Crippen LogP contribution in [0.15, 0.2) is 11.8 Å². The molecule has 0 radical (unpaired) electrons. The van der Waals surface area contributed by atoms with Crippen molar-refractivity contribution in [3.05, 3.63) is 11.8 Å². The van der Waals surface area contributed by atoms with Crippen molar-refractivity contribution in [1.29, 1.82) is 0 Å². The van der Waals surface area contributed by atoms with Crippen molar-refractivity contribution in [2.24, 2.45) is 17.2 Å². The lowest BCUT2D eigenvalue weighted by Crippen LogP contribution is -2.69. The smallest absolute Gasteiger partial charge is 0.215 e. The van der Waals surface area contributed by atoms with E-state index in [1.165, 1.54) is 0 Å². The Morgan fingerprint density at radius 1 is 1.15 bits per heavy atom. The normalized spacial score (nSPS) is 46.5. The van der Waals surface area contributed by atoms with Gasteiger partial charge in [-0.25, -0.2) is 0 Å². The second-order valence-electron chi connectivity index (χ2n) is 9.31. The molecule has 11 N–H and O–H groups in total. The van der Waals surface area contributed by atoms with Crippen LogP contribution in [0.2, 0.25) is 0 Å². The second-order valence-corrected chi connectivity index (χ2v) is 9.31. The minimum Gasteiger partial charge on any atom is -0.467 e. The molecule has 2 aliphatic heterocycles. The van der Waals surface area contributed by atoms with Gasteiger partial charge < -0.3 is 62.1 Å². The molecular weight excluding hydrogens is 434 g/mol. The lowest BCUT2D eigenvalue weighted by molar-refractivity contribution is -0.304. The first-order valence-corrected chi connectivity index (χ1v) is 11.6. The van der Waals surface area contributed by atoms with E-state index in [1.54, 1.807) is 14.0 Å². The molecule has 0 bridgehead atoms. The summed E-state index contributed by atoms with van der Waals surface area (Å²) >= 11 is 0. The van der Waals surface area contributed by atoms with Gasteiger partial charge in [0.1, 0.15) is 35.8 Å². The van der Waals surface area contributed by atoms with Crippen LogP contribution in [0.4, 0.5) is 0 Å². The monoisotopic (exact) mass is 475 g/mol. The molecule has 0 aromatic heterocycles. The van der Waals surface area contributed by atoms with Gasteiger partial charge in [0, 0.05) is 12.1 Å². The number of aliphatic hydroxyl groups excluding tert-OH is 2. The number of rotatable bonds is 8. The standard InChI is InChI=1S/C21H41N5O7/c1-4-26-13-7-12(24)16(32-19-11(23)6-5-10(8-22)31-19)14(27)17(13)33-20-15(28)18(25-3)21(2,29)9-30-20/h5,11-20,25-29H,4,6-9,22-24H2,1-3H3/t11-,12-,13+,14-,15+,16+,17-,18+,19+,20+,21-/m0/s1. The van der Waals surface area contributed by atoms with Crippen LogP contribution in [-0.4, -0.2) is 109 Å². The van der Waals surface area contributed by atoms with Crippen LogP contribution in [0.25, 0.3) is 0 Å². The van der Waals surface area contributed by atoms with E-state index in [0.717, 1.165) is 0 Å². The average molecular weight is 476 g/mol. The molecule has 2 heterocycles. The fourth-order valence-corrected chi connectivity index (χ4v) is 4.86. The third-order valence-corrected chi connectivity index (χ3v) is 6.64. The van der Waals surface area contributed by atoms with E-state index in [0.29, 0.717) is 25.1 Å². The number of nitrogens with one attached hydrogen (secondary N) is 2. The lowest BCUT2D eigenvalue weighted by Gasteiger charge is -2.49. The summed E-state index contributed by atoms with van der Waals surface area (Å²) in [5.74, 6) is 0.572. The first-order chi connectivity index (χ1) is 15.6. The van der Waals surface area contributed by atoms with Gasteiger partial charge in [-0.3, -0.25) is 0 Å². The quantitative estimate of drug-likeness (QED) is 0.175. The minimum atomic E-state index is -1.28. The molecule has 1 saturated carbocycles. The van der Waals surface area contributed by atoms with Crippen molar-refractivity contribution in [1.82, 2.24) is 10.6 Å². The summed E-state index contributed by atoms with van der Waals surface area (Å²) in [6.45, 7) is 4.30. The molecule has 2 fully saturated rings. The van der Waals surface area contributed by atoms with Gasteiger partial charge >= 0.3 is 0 Å². The maximum Gasteiger partial charge on any atom is 0.215 e. The minimum absolute atomic E-state index is 0.0483. The highest BCUT2D eigenvalue weighted by Crippen LogP contribution is 2.31. The average Bonchev–Trinajstić information content (AvgIpc) is 2.76. The molecule has 12 nitrogen and oxygen atoms in total. The van der Waals surface area contributed by atoms with Crippen molar-refractivity contribution in [2.45, 2.75) is 93.5 Å². The van der Waals surface area contributed by atoms with Crippen molar-refractivity contribution in [3.63, 3.8) is 0 Å². The number of aliphatic hydroxyl groups is 3. The van der Waals surface area contributed by atoms with Crippen LogP contribution in [-0.2, 0) is 18.9 Å². The highest BCUT2D eigenvalue weighted by atomic mass is 16.7. The maximum absolute atomic E-state index is 11.3. The predicted octanol–water partition coefficient (Wildman–Crippen LogP) is -3.20. The van der Waals surface area contributed by atoms with Crippen LogP contribution in [0.1, 0.15) is 26.7 Å². The summed E-state index contributed by atoms with van der Waals surface area (Å²) in [5, 5.41) is 38.8. The predicted molar refractivity (Wildman–Crippen MR) is 120 cm³/mol. The van der Waals surface area contributed by atoms with E-state index in [9.17, 15) is 15.3 Å². The molecule has 0 aromatic rings. The van der Waals surface area contributed by atoms with E-state index < -0.39 is 60.7 Å². The Bertz CT molecular complexity index is 669. The molecule has 192 valence electrons. The summed E-state index contributed by atoms with van der Waals surface area (Å²) in [6.07, 6.45) is -3.05. The number of nitrogens with two attached hydrogens (primary N) is 3. The molecule has 3 rings (SSSR count). The molecule has 0 amide bonds. The van der Waals surface area contributed by atoms with Gasteiger partial charge in [-0.2, -0.15) is 0 Å². The van der Waals surface area contributed by atoms with Gasteiger partial charge in [-0.05, 0) is 39.4 Å². The number of ether oxygens (including phenoxy) is 4. The Morgan fingerprint density at radius 3 is 2.48 bits per heavy atom. The molecule has 1 saturated heterocycles. The summed E-state index contributed by atoms with van der Waals surface area (Å²) in [6, 6.07) is -1.95. The first kappa shape index (κ1) is 26.7. The Hall–Kier alpha value is -0.900. The molecule has 0 aromatic carbocycles. The Balaban J connectivity index is 1.75. The van der Waals surface area contributed by atoms with Gasteiger partial charge in [-0.1, -0.05) is 6.92 Å². The van der Waals surface area contributed by atoms with E-state index in [2.05, 4.69) is 10.6 Å². The number of likely N-dealkylation sites (N-methyl/N-ethyl adjacent to an activating group) is 2. The Labute approximate surface area is 194 Å². The van der Waals surface area contributed by atoms with Crippen molar-refractivity contribution in [3.8, 4) is 0 Å². The first-order valence-electron chi connectivity index (χ1n) is 11.6. The number of hydrogen-bond acceptors (Lipinski definition) is 12. The summed E-state index contributed by atoms with van der Waals surface area (Å²) in [7, 11) is 1.64. The van der Waals surface area contributed by atoms with Gasteiger partial charge in [0.2, 0.25) is 6.29 Å². The van der Waals surface area contributed by atoms with Gasteiger partial charge in [-0.15, -0.1) is 0 Å². The number of hydrogen-bond donors (Lipinski definition) is 8. The molecule has 33 heavy (non-hydrogen) atoms. The molecule has 12 heteroatoms. The fraction of sp³-hybridized carbons (Fsp3) is 0.905. The lowest BCUT2D eigenvalue weighted by atomic mass is 9.83. The highest BCUT2D eigenvalue weighted by Gasteiger charge is 2.51. The van der Waals surface area contributed by atoms with Crippen molar-refractivity contribution < 1.29 is 34.3 Å².